The predicted octanol–water partition coefficient (Wildman–Crippen LogP) is 3.65. The van der Waals surface area contributed by atoms with E-state index in [1.807, 2.05) is 13.0 Å². The molecule has 26 heavy (non-hydrogen) atoms. The molecule has 1 aliphatic rings. The van der Waals surface area contributed by atoms with Gasteiger partial charge in [0, 0.05) is 11.6 Å². The van der Waals surface area contributed by atoms with Crippen LogP contribution in [0.3, 0.4) is 0 Å². The first kappa shape index (κ1) is 17.3. The monoisotopic (exact) mass is 352 g/mol. The molecule has 0 spiro atoms. The van der Waals surface area contributed by atoms with Gasteiger partial charge in [0.15, 0.2) is 5.70 Å². The van der Waals surface area contributed by atoms with Crippen molar-refractivity contribution in [2.24, 2.45) is 4.99 Å². The SMILES string of the molecule is CCOc1ccccc1C1=N/C(=C\c2ccc(C)c([N+](=O)[O-])c2)C(=O)O1. The fourth-order valence-electron chi connectivity index (χ4n) is 2.52. The number of carbonyl (C=O) groups is 1. The number of aryl methyl sites for hydroxylation is 1. The highest BCUT2D eigenvalue weighted by atomic mass is 16.6. The number of hydrogen-bond donors (Lipinski definition) is 0. The van der Waals surface area contributed by atoms with E-state index in [2.05, 4.69) is 4.99 Å². The minimum Gasteiger partial charge on any atom is -0.493 e. The zero-order valence-electron chi connectivity index (χ0n) is 14.3. The fourth-order valence-corrected chi connectivity index (χ4v) is 2.52. The quantitative estimate of drug-likeness (QED) is 0.354. The molecule has 7 heteroatoms. The van der Waals surface area contributed by atoms with Gasteiger partial charge >= 0.3 is 5.97 Å². The molecular formula is C19H16N2O5. The van der Waals surface area contributed by atoms with E-state index in [0.717, 1.165) is 0 Å². The summed E-state index contributed by atoms with van der Waals surface area (Å²) in [7, 11) is 0. The van der Waals surface area contributed by atoms with Crippen LogP contribution in [0.15, 0.2) is 53.2 Å². The van der Waals surface area contributed by atoms with Crippen LogP contribution in [-0.4, -0.2) is 23.4 Å². The summed E-state index contributed by atoms with van der Waals surface area (Å²) >= 11 is 0. The van der Waals surface area contributed by atoms with Gasteiger partial charge in [0.05, 0.1) is 17.1 Å². The summed E-state index contributed by atoms with van der Waals surface area (Å²) in [6, 6.07) is 11.8. The van der Waals surface area contributed by atoms with E-state index in [-0.39, 0.29) is 17.3 Å². The lowest BCUT2D eigenvalue weighted by molar-refractivity contribution is -0.385. The molecule has 2 aromatic rings. The second kappa shape index (κ2) is 7.18. The minimum absolute atomic E-state index is 0.0170. The van der Waals surface area contributed by atoms with Crippen molar-refractivity contribution in [3.63, 3.8) is 0 Å². The van der Waals surface area contributed by atoms with Gasteiger partial charge < -0.3 is 9.47 Å². The number of cyclic esters (lactones) is 1. The number of benzene rings is 2. The molecule has 3 rings (SSSR count). The van der Waals surface area contributed by atoms with Crippen molar-refractivity contribution in [1.29, 1.82) is 0 Å². The van der Waals surface area contributed by atoms with E-state index >= 15 is 0 Å². The Hall–Kier alpha value is -3.48. The Morgan fingerprint density at radius 2 is 2.04 bits per heavy atom. The van der Waals surface area contributed by atoms with Crippen molar-refractivity contribution < 1.29 is 19.2 Å². The first-order chi connectivity index (χ1) is 12.5. The van der Waals surface area contributed by atoms with Crippen molar-refractivity contribution in [2.45, 2.75) is 13.8 Å². The average molecular weight is 352 g/mol. The van der Waals surface area contributed by atoms with Crippen molar-refractivity contribution in [2.75, 3.05) is 6.61 Å². The summed E-state index contributed by atoms with van der Waals surface area (Å²) in [4.78, 5) is 27.0. The van der Waals surface area contributed by atoms with E-state index in [0.29, 0.717) is 29.0 Å². The van der Waals surface area contributed by atoms with E-state index < -0.39 is 10.9 Å². The Bertz CT molecular complexity index is 947. The molecule has 0 amide bonds. The highest BCUT2D eigenvalue weighted by molar-refractivity contribution is 6.13. The number of ether oxygens (including phenoxy) is 2. The third-order valence-electron chi connectivity index (χ3n) is 3.77. The number of nitro groups is 1. The van der Waals surface area contributed by atoms with Gasteiger partial charge in [-0.1, -0.05) is 24.3 Å². The Labute approximate surface area is 149 Å². The second-order valence-corrected chi connectivity index (χ2v) is 5.57. The smallest absolute Gasteiger partial charge is 0.363 e. The van der Waals surface area contributed by atoms with Crippen LogP contribution < -0.4 is 4.74 Å². The largest absolute Gasteiger partial charge is 0.493 e. The summed E-state index contributed by atoms with van der Waals surface area (Å²) in [6.45, 7) is 3.97. The second-order valence-electron chi connectivity index (χ2n) is 5.57. The van der Waals surface area contributed by atoms with Gasteiger partial charge in [0.2, 0.25) is 5.90 Å². The number of nitrogens with zero attached hydrogens (tertiary/aromatic N) is 2. The van der Waals surface area contributed by atoms with E-state index in [1.54, 1.807) is 37.3 Å². The summed E-state index contributed by atoms with van der Waals surface area (Å²) in [5.41, 5.74) is 1.67. The summed E-state index contributed by atoms with van der Waals surface area (Å²) in [6.07, 6.45) is 1.46. The number of carbonyl (C=O) groups excluding carboxylic acids is 1. The lowest BCUT2D eigenvalue weighted by atomic mass is 10.1. The topological polar surface area (TPSA) is 91.0 Å². The Morgan fingerprint density at radius 3 is 2.77 bits per heavy atom. The molecule has 0 fully saturated rings. The molecule has 1 heterocycles. The van der Waals surface area contributed by atoms with Crippen LogP contribution in [0.4, 0.5) is 5.69 Å². The van der Waals surface area contributed by atoms with Crippen LogP contribution in [0.1, 0.15) is 23.6 Å². The zero-order valence-corrected chi connectivity index (χ0v) is 14.3. The maximum Gasteiger partial charge on any atom is 0.363 e. The standard InChI is InChI=1S/C19H16N2O5/c1-3-25-17-7-5-4-6-14(17)18-20-15(19(22)26-18)10-13-9-8-12(2)16(11-13)21(23)24/h4-11H,3H2,1-2H3/b15-10-. The lowest BCUT2D eigenvalue weighted by Crippen LogP contribution is -2.07. The highest BCUT2D eigenvalue weighted by Crippen LogP contribution is 2.26. The van der Waals surface area contributed by atoms with E-state index in [4.69, 9.17) is 9.47 Å². The predicted molar refractivity (Wildman–Crippen MR) is 96.1 cm³/mol. The first-order valence-electron chi connectivity index (χ1n) is 7.99. The van der Waals surface area contributed by atoms with E-state index in [9.17, 15) is 14.9 Å². The number of aliphatic imine (C=N–C) groups is 1. The molecular weight excluding hydrogens is 336 g/mol. The van der Waals surface area contributed by atoms with Crippen LogP contribution in [0.25, 0.3) is 6.08 Å². The number of rotatable bonds is 5. The lowest BCUT2D eigenvalue weighted by Gasteiger charge is -2.08. The third kappa shape index (κ3) is 3.46. The van der Waals surface area contributed by atoms with Crippen LogP contribution in [0, 0.1) is 17.0 Å². The van der Waals surface area contributed by atoms with Crippen molar-refractivity contribution in [1.82, 2.24) is 0 Å². The maximum atomic E-state index is 12.1. The molecule has 0 atom stereocenters. The van der Waals surface area contributed by atoms with Crippen LogP contribution >= 0.6 is 0 Å². The third-order valence-corrected chi connectivity index (χ3v) is 3.77. The highest BCUT2D eigenvalue weighted by Gasteiger charge is 2.26. The average Bonchev–Trinajstić information content (AvgIpc) is 2.97. The molecule has 0 saturated carbocycles. The van der Waals surface area contributed by atoms with E-state index in [1.165, 1.54) is 12.1 Å². The van der Waals surface area contributed by atoms with Gasteiger partial charge in [-0.3, -0.25) is 10.1 Å². The van der Waals surface area contributed by atoms with Crippen molar-refractivity contribution in [3.8, 4) is 5.75 Å². The molecule has 0 bridgehead atoms. The fraction of sp³-hybridized carbons (Fsp3) is 0.158. The Balaban J connectivity index is 1.97. The summed E-state index contributed by atoms with van der Waals surface area (Å²) in [5.74, 6) is 0.0928. The van der Waals surface area contributed by atoms with Gasteiger partial charge in [-0.05, 0) is 37.6 Å². The number of nitro benzene ring substituents is 1. The Kier molecular flexibility index (Phi) is 4.79. The van der Waals surface area contributed by atoms with Crippen molar-refractivity contribution in [3.05, 3.63) is 75.0 Å². The summed E-state index contributed by atoms with van der Waals surface area (Å²) < 4.78 is 10.8. The molecule has 7 nitrogen and oxygen atoms in total. The Morgan fingerprint density at radius 1 is 1.27 bits per heavy atom. The van der Waals surface area contributed by atoms with Gasteiger partial charge in [-0.2, -0.15) is 0 Å². The van der Waals surface area contributed by atoms with Gasteiger partial charge in [0.25, 0.3) is 5.69 Å². The van der Waals surface area contributed by atoms with Gasteiger partial charge in [0.1, 0.15) is 5.75 Å². The summed E-state index contributed by atoms with van der Waals surface area (Å²) in [5, 5.41) is 11.1. The van der Waals surface area contributed by atoms with Crippen LogP contribution in [0.2, 0.25) is 0 Å². The van der Waals surface area contributed by atoms with Gasteiger partial charge in [-0.25, -0.2) is 9.79 Å². The number of para-hydroxylation sites is 1. The normalized spacial score (nSPS) is 14.9. The molecule has 0 saturated heterocycles. The number of hydrogen-bond acceptors (Lipinski definition) is 6. The van der Waals surface area contributed by atoms with Crippen LogP contribution in [-0.2, 0) is 9.53 Å². The molecule has 0 aliphatic carbocycles. The van der Waals surface area contributed by atoms with Gasteiger partial charge in [-0.15, -0.1) is 0 Å². The number of esters is 1. The zero-order chi connectivity index (χ0) is 18.7. The molecule has 0 unspecified atom stereocenters. The first-order valence-corrected chi connectivity index (χ1v) is 7.99. The molecule has 0 aromatic heterocycles. The molecule has 1 aliphatic heterocycles. The molecule has 0 radical (unpaired) electrons. The molecule has 0 N–H and O–H groups in total. The maximum absolute atomic E-state index is 12.1. The minimum atomic E-state index is -0.616. The molecule has 132 valence electrons. The molecule has 2 aromatic carbocycles. The van der Waals surface area contributed by atoms with Crippen molar-refractivity contribution >= 4 is 23.6 Å². The van der Waals surface area contributed by atoms with Crippen LogP contribution in [0.5, 0.6) is 5.75 Å².